The molecule has 0 aromatic rings. The largest absolute Gasteiger partial charge is 0.313 e. The van der Waals surface area contributed by atoms with Gasteiger partial charge >= 0.3 is 0 Å². The van der Waals surface area contributed by atoms with Crippen LogP contribution in [0.1, 0.15) is 46.0 Å². The molecule has 0 saturated carbocycles. The van der Waals surface area contributed by atoms with Gasteiger partial charge in [-0.05, 0) is 44.9 Å². The molecule has 2 heteroatoms. The molecule has 2 unspecified atom stereocenters. The summed E-state index contributed by atoms with van der Waals surface area (Å²) in [5, 5.41) is 3.67. The fourth-order valence-corrected chi connectivity index (χ4v) is 3.69. The van der Waals surface area contributed by atoms with E-state index < -0.39 is 0 Å². The standard InChI is InChI=1S/C13H23NS/c1-4-6-8-12(14-10-5-2)13(3)9-7-11-15-13/h1,12,14H,5-11H2,2-3H3. The number of hydrogen-bond donors (Lipinski definition) is 1. The first-order valence-corrected chi connectivity index (χ1v) is 7.02. The fourth-order valence-electron chi connectivity index (χ4n) is 2.25. The van der Waals surface area contributed by atoms with Gasteiger partial charge in [-0.2, -0.15) is 11.8 Å². The van der Waals surface area contributed by atoms with Crippen molar-refractivity contribution >= 4 is 11.8 Å². The minimum Gasteiger partial charge on any atom is -0.313 e. The molecule has 15 heavy (non-hydrogen) atoms. The van der Waals surface area contributed by atoms with Gasteiger partial charge in [-0.15, -0.1) is 12.3 Å². The Morgan fingerprint density at radius 2 is 2.40 bits per heavy atom. The fraction of sp³-hybridized carbons (Fsp3) is 0.846. The maximum atomic E-state index is 5.36. The van der Waals surface area contributed by atoms with Crippen LogP contribution in [0.25, 0.3) is 0 Å². The SMILES string of the molecule is C#CCCC(NCCC)C1(C)CCCS1. The first-order valence-electron chi connectivity index (χ1n) is 6.03. The molecule has 0 bridgehead atoms. The molecule has 1 aliphatic rings. The van der Waals surface area contributed by atoms with E-state index in [1.165, 1.54) is 25.0 Å². The van der Waals surface area contributed by atoms with Crippen LogP contribution >= 0.6 is 11.8 Å². The Morgan fingerprint density at radius 1 is 1.60 bits per heavy atom. The van der Waals surface area contributed by atoms with Crippen LogP contribution in [0.5, 0.6) is 0 Å². The van der Waals surface area contributed by atoms with Gasteiger partial charge in [-0.1, -0.05) is 6.92 Å². The summed E-state index contributed by atoms with van der Waals surface area (Å²) in [6.45, 7) is 5.73. The van der Waals surface area contributed by atoms with E-state index in [-0.39, 0.29) is 0 Å². The zero-order valence-corrected chi connectivity index (χ0v) is 10.8. The van der Waals surface area contributed by atoms with Crippen molar-refractivity contribution in [1.82, 2.24) is 5.32 Å². The summed E-state index contributed by atoms with van der Waals surface area (Å²) in [5.74, 6) is 4.08. The first-order chi connectivity index (χ1) is 7.23. The third-order valence-corrected chi connectivity index (χ3v) is 4.85. The molecular formula is C13H23NS. The van der Waals surface area contributed by atoms with Crippen LogP contribution in [-0.4, -0.2) is 23.1 Å². The average molecular weight is 225 g/mol. The highest BCUT2D eigenvalue weighted by atomic mass is 32.2. The summed E-state index contributed by atoms with van der Waals surface area (Å²) in [6, 6.07) is 0.598. The van der Waals surface area contributed by atoms with Crippen LogP contribution in [0.15, 0.2) is 0 Å². The van der Waals surface area contributed by atoms with Crippen molar-refractivity contribution in [1.29, 1.82) is 0 Å². The maximum Gasteiger partial charge on any atom is 0.0285 e. The summed E-state index contributed by atoms with van der Waals surface area (Å²) < 4.78 is 0.423. The molecule has 1 rings (SSSR count). The molecular weight excluding hydrogens is 202 g/mol. The number of hydrogen-bond acceptors (Lipinski definition) is 2. The summed E-state index contributed by atoms with van der Waals surface area (Å²) in [4.78, 5) is 0. The summed E-state index contributed by atoms with van der Waals surface area (Å²) in [6.07, 6.45) is 11.3. The Kier molecular flexibility index (Phi) is 5.56. The third kappa shape index (κ3) is 3.74. The van der Waals surface area contributed by atoms with Gasteiger partial charge < -0.3 is 5.32 Å². The Hall–Kier alpha value is -0.130. The van der Waals surface area contributed by atoms with Gasteiger partial charge in [0.25, 0.3) is 0 Å². The maximum absolute atomic E-state index is 5.36. The van der Waals surface area contributed by atoms with E-state index >= 15 is 0 Å². The van der Waals surface area contributed by atoms with Crippen molar-refractivity contribution in [3.8, 4) is 12.3 Å². The predicted molar refractivity (Wildman–Crippen MR) is 70.2 cm³/mol. The van der Waals surface area contributed by atoms with E-state index in [2.05, 4.69) is 36.8 Å². The zero-order chi connectivity index (χ0) is 11.1. The van der Waals surface area contributed by atoms with Gasteiger partial charge in [-0.25, -0.2) is 0 Å². The topological polar surface area (TPSA) is 12.0 Å². The molecule has 1 saturated heterocycles. The first kappa shape index (κ1) is 12.9. The second kappa shape index (κ2) is 6.45. The molecule has 0 aromatic heterocycles. The molecule has 0 radical (unpaired) electrons. The van der Waals surface area contributed by atoms with Crippen molar-refractivity contribution in [2.45, 2.75) is 56.7 Å². The van der Waals surface area contributed by atoms with Crippen LogP contribution in [0.3, 0.4) is 0 Å². The lowest BCUT2D eigenvalue weighted by Crippen LogP contribution is -2.45. The Labute approximate surface area is 98.8 Å². The minimum absolute atomic E-state index is 0.423. The summed E-state index contributed by atoms with van der Waals surface area (Å²) in [7, 11) is 0. The number of nitrogens with one attached hydrogen (secondary N) is 1. The lowest BCUT2D eigenvalue weighted by molar-refractivity contribution is 0.384. The molecule has 0 spiro atoms. The Morgan fingerprint density at radius 3 is 2.93 bits per heavy atom. The lowest BCUT2D eigenvalue weighted by atomic mass is 9.92. The van der Waals surface area contributed by atoms with Crippen LogP contribution in [0, 0.1) is 12.3 Å². The van der Waals surface area contributed by atoms with E-state index in [9.17, 15) is 0 Å². The predicted octanol–water partition coefficient (Wildman–Crippen LogP) is 3.05. The van der Waals surface area contributed by atoms with Gasteiger partial charge in [-0.3, -0.25) is 0 Å². The molecule has 0 aromatic carbocycles. The molecule has 0 aliphatic carbocycles. The smallest absolute Gasteiger partial charge is 0.0285 e. The second-order valence-corrected chi connectivity index (χ2v) is 6.14. The van der Waals surface area contributed by atoms with Gasteiger partial charge in [0.15, 0.2) is 0 Å². The number of rotatable bonds is 6. The van der Waals surface area contributed by atoms with Gasteiger partial charge in [0.1, 0.15) is 0 Å². The highest BCUT2D eigenvalue weighted by molar-refractivity contribution is 8.00. The van der Waals surface area contributed by atoms with Crippen molar-refractivity contribution < 1.29 is 0 Å². The molecule has 86 valence electrons. The highest BCUT2D eigenvalue weighted by Crippen LogP contribution is 2.41. The van der Waals surface area contributed by atoms with E-state index in [1.807, 2.05) is 0 Å². The van der Waals surface area contributed by atoms with Crippen LogP contribution in [-0.2, 0) is 0 Å². The van der Waals surface area contributed by atoms with E-state index in [0.717, 1.165) is 19.4 Å². The molecule has 1 N–H and O–H groups in total. The molecule has 1 nitrogen and oxygen atoms in total. The number of thioether (sulfide) groups is 1. The lowest BCUT2D eigenvalue weighted by Gasteiger charge is -2.34. The van der Waals surface area contributed by atoms with Crippen molar-refractivity contribution in [3.63, 3.8) is 0 Å². The monoisotopic (exact) mass is 225 g/mol. The van der Waals surface area contributed by atoms with Gasteiger partial charge in [0, 0.05) is 17.2 Å². The second-order valence-electron chi connectivity index (χ2n) is 4.51. The van der Waals surface area contributed by atoms with Crippen LogP contribution < -0.4 is 5.32 Å². The van der Waals surface area contributed by atoms with E-state index in [0.29, 0.717) is 10.8 Å². The van der Waals surface area contributed by atoms with Crippen molar-refractivity contribution in [3.05, 3.63) is 0 Å². The van der Waals surface area contributed by atoms with Gasteiger partial charge in [0.05, 0.1) is 0 Å². The molecule has 0 amide bonds. The zero-order valence-electron chi connectivity index (χ0n) is 10.0. The third-order valence-electron chi connectivity index (χ3n) is 3.20. The summed E-state index contributed by atoms with van der Waals surface area (Å²) in [5.41, 5.74) is 0. The Bertz CT molecular complexity index is 213. The van der Waals surface area contributed by atoms with Crippen LogP contribution in [0.2, 0.25) is 0 Å². The normalized spacial score (nSPS) is 27.5. The van der Waals surface area contributed by atoms with E-state index in [1.54, 1.807) is 0 Å². The summed E-state index contributed by atoms with van der Waals surface area (Å²) >= 11 is 2.12. The minimum atomic E-state index is 0.423. The molecule has 1 fully saturated rings. The van der Waals surface area contributed by atoms with Crippen LogP contribution in [0.4, 0.5) is 0 Å². The van der Waals surface area contributed by atoms with Crippen molar-refractivity contribution in [2.75, 3.05) is 12.3 Å². The average Bonchev–Trinajstić information content (AvgIpc) is 2.66. The highest BCUT2D eigenvalue weighted by Gasteiger charge is 2.36. The molecule has 2 atom stereocenters. The molecule has 1 aliphatic heterocycles. The number of terminal acetylenes is 1. The van der Waals surface area contributed by atoms with Crippen molar-refractivity contribution in [2.24, 2.45) is 0 Å². The van der Waals surface area contributed by atoms with E-state index in [4.69, 9.17) is 6.42 Å². The quantitative estimate of drug-likeness (QED) is 0.697. The van der Waals surface area contributed by atoms with Gasteiger partial charge in [0.2, 0.25) is 0 Å². The Balaban J connectivity index is 2.49. The molecule has 1 heterocycles.